The van der Waals surface area contributed by atoms with E-state index in [1.807, 2.05) is 0 Å². The summed E-state index contributed by atoms with van der Waals surface area (Å²) in [4.78, 5) is 4.39. The number of halogens is 1. The number of oxazole rings is 1. The van der Waals surface area contributed by atoms with Gasteiger partial charge in [-0.25, -0.2) is 9.37 Å². The maximum atomic E-state index is 13.2. The minimum atomic E-state index is -0.304. The predicted octanol–water partition coefficient (Wildman–Crippen LogP) is 4.20. The highest BCUT2D eigenvalue weighted by Gasteiger charge is 2.22. The largest absolute Gasteiger partial charge is 0.444 e. The summed E-state index contributed by atoms with van der Waals surface area (Å²) < 4.78 is 19.5. The van der Waals surface area contributed by atoms with E-state index < -0.39 is 0 Å². The Balaban J connectivity index is 1.38. The lowest BCUT2D eigenvalue weighted by Crippen LogP contribution is -1.99. The Hall–Kier alpha value is -1.93. The van der Waals surface area contributed by atoms with Crippen LogP contribution in [0.3, 0.4) is 0 Å². The zero-order valence-electron chi connectivity index (χ0n) is 12.0. The van der Waals surface area contributed by atoms with E-state index in [4.69, 9.17) is 4.42 Å². The molecular formula is C15H13FN4OS2. The van der Waals surface area contributed by atoms with Gasteiger partial charge in [-0.05, 0) is 31.0 Å². The molecule has 2 heterocycles. The molecule has 1 saturated carbocycles. The predicted molar refractivity (Wildman–Crippen MR) is 88.0 cm³/mol. The first-order chi connectivity index (χ1) is 11.3. The number of benzene rings is 1. The van der Waals surface area contributed by atoms with Crippen LogP contribution in [-0.2, 0) is 5.75 Å². The fourth-order valence-corrected chi connectivity index (χ4v) is 3.70. The second-order valence-corrected chi connectivity index (χ2v) is 7.43. The highest BCUT2D eigenvalue weighted by molar-refractivity contribution is 8.00. The molecule has 0 spiro atoms. The lowest BCUT2D eigenvalue weighted by Gasteiger charge is -1.95. The molecule has 8 heteroatoms. The molecule has 1 aliphatic rings. The number of rotatable bonds is 6. The monoisotopic (exact) mass is 348 g/mol. The molecule has 0 atom stereocenters. The van der Waals surface area contributed by atoms with Crippen molar-refractivity contribution in [2.24, 2.45) is 0 Å². The first-order valence-corrected chi connectivity index (χ1v) is 9.00. The van der Waals surface area contributed by atoms with Crippen molar-refractivity contribution in [1.29, 1.82) is 0 Å². The van der Waals surface area contributed by atoms with Crippen LogP contribution < -0.4 is 5.32 Å². The maximum absolute atomic E-state index is 13.2. The molecule has 1 N–H and O–H groups in total. The number of thioether (sulfide) groups is 1. The molecule has 0 radical (unpaired) electrons. The number of nitrogens with one attached hydrogen (secondary N) is 1. The number of anilines is 1. The van der Waals surface area contributed by atoms with Crippen molar-refractivity contribution in [3.8, 4) is 11.5 Å². The number of hydrogen-bond donors (Lipinski definition) is 1. The van der Waals surface area contributed by atoms with Crippen molar-refractivity contribution in [2.45, 2.75) is 29.0 Å². The van der Waals surface area contributed by atoms with Gasteiger partial charge in [0.2, 0.25) is 11.0 Å². The van der Waals surface area contributed by atoms with Gasteiger partial charge in [-0.2, -0.15) is 0 Å². The summed E-state index contributed by atoms with van der Waals surface area (Å²) >= 11 is 3.11. The van der Waals surface area contributed by atoms with Crippen LogP contribution in [0.25, 0.3) is 11.5 Å². The van der Waals surface area contributed by atoms with Crippen LogP contribution in [0.1, 0.15) is 18.5 Å². The summed E-state index contributed by atoms with van der Waals surface area (Å²) in [6.07, 6.45) is 4.02. The van der Waals surface area contributed by atoms with Crippen LogP contribution in [0.15, 0.2) is 39.3 Å². The Morgan fingerprint density at radius 2 is 2.26 bits per heavy atom. The third kappa shape index (κ3) is 3.70. The summed E-state index contributed by atoms with van der Waals surface area (Å²) in [6.45, 7) is 0. The molecule has 1 aromatic carbocycles. The lowest BCUT2D eigenvalue weighted by atomic mass is 10.2. The van der Waals surface area contributed by atoms with Gasteiger partial charge in [-0.15, -0.1) is 10.2 Å². The Morgan fingerprint density at radius 3 is 3.09 bits per heavy atom. The molecule has 5 nitrogen and oxygen atoms in total. The lowest BCUT2D eigenvalue weighted by molar-refractivity contribution is 0.571. The van der Waals surface area contributed by atoms with Crippen LogP contribution in [0.5, 0.6) is 0 Å². The minimum absolute atomic E-state index is 0.304. The van der Waals surface area contributed by atoms with Gasteiger partial charge >= 0.3 is 0 Å². The van der Waals surface area contributed by atoms with Gasteiger partial charge in [0.15, 0.2) is 4.34 Å². The third-order valence-corrected chi connectivity index (χ3v) is 5.30. The number of aromatic nitrogens is 3. The molecule has 0 aliphatic heterocycles. The van der Waals surface area contributed by atoms with Crippen molar-refractivity contribution in [1.82, 2.24) is 15.2 Å². The van der Waals surface area contributed by atoms with E-state index in [-0.39, 0.29) is 5.82 Å². The minimum Gasteiger partial charge on any atom is -0.444 e. The molecule has 0 saturated heterocycles. The summed E-state index contributed by atoms with van der Waals surface area (Å²) in [7, 11) is 0. The smallest absolute Gasteiger partial charge is 0.226 e. The van der Waals surface area contributed by atoms with Gasteiger partial charge in [-0.1, -0.05) is 29.2 Å². The Morgan fingerprint density at radius 1 is 1.35 bits per heavy atom. The fraction of sp³-hybridized carbons (Fsp3) is 0.267. The highest BCUT2D eigenvalue weighted by atomic mass is 32.2. The average Bonchev–Trinajstić information content (AvgIpc) is 3.06. The third-order valence-electron chi connectivity index (χ3n) is 3.28. The molecule has 1 fully saturated rings. The van der Waals surface area contributed by atoms with E-state index in [0.29, 0.717) is 23.2 Å². The molecule has 4 rings (SSSR count). The molecule has 118 valence electrons. The first kappa shape index (κ1) is 14.6. The van der Waals surface area contributed by atoms with Gasteiger partial charge in [-0.3, -0.25) is 0 Å². The molecule has 0 unspecified atom stereocenters. The zero-order chi connectivity index (χ0) is 15.6. The van der Waals surface area contributed by atoms with Crippen molar-refractivity contribution < 1.29 is 8.81 Å². The number of hydrogen-bond acceptors (Lipinski definition) is 7. The summed E-state index contributed by atoms with van der Waals surface area (Å²) in [5, 5.41) is 12.5. The van der Waals surface area contributed by atoms with Crippen LogP contribution in [0.2, 0.25) is 0 Å². The van der Waals surface area contributed by atoms with Crippen molar-refractivity contribution >= 4 is 28.2 Å². The van der Waals surface area contributed by atoms with E-state index in [0.717, 1.165) is 15.2 Å². The SMILES string of the molecule is Fc1cccc(-c2nc(CSc3nnc(NC4CC4)s3)co2)c1. The summed E-state index contributed by atoms with van der Waals surface area (Å²) in [5.41, 5.74) is 1.43. The van der Waals surface area contributed by atoms with Gasteiger partial charge in [0.1, 0.15) is 12.1 Å². The maximum Gasteiger partial charge on any atom is 0.226 e. The molecule has 2 aromatic heterocycles. The van der Waals surface area contributed by atoms with Crippen molar-refractivity contribution in [3.63, 3.8) is 0 Å². The van der Waals surface area contributed by atoms with Crippen LogP contribution in [0.4, 0.5) is 9.52 Å². The molecular weight excluding hydrogens is 335 g/mol. The van der Waals surface area contributed by atoms with Gasteiger partial charge in [0.25, 0.3) is 0 Å². The summed E-state index contributed by atoms with van der Waals surface area (Å²) in [6, 6.07) is 6.78. The van der Waals surface area contributed by atoms with E-state index in [1.165, 1.54) is 25.0 Å². The molecule has 23 heavy (non-hydrogen) atoms. The van der Waals surface area contributed by atoms with E-state index in [9.17, 15) is 4.39 Å². The molecule has 1 aliphatic carbocycles. The zero-order valence-corrected chi connectivity index (χ0v) is 13.7. The first-order valence-electron chi connectivity index (χ1n) is 7.19. The van der Waals surface area contributed by atoms with Crippen LogP contribution >= 0.6 is 23.1 Å². The Bertz CT molecular complexity index is 815. The standard InChI is InChI=1S/C15H13FN4OS2/c16-10-3-1-2-9(6-10)13-17-12(7-21-13)8-22-15-20-19-14(23-15)18-11-4-5-11/h1-3,6-7,11H,4-5,8H2,(H,18,19). The summed E-state index contributed by atoms with van der Waals surface area (Å²) in [5.74, 6) is 0.756. The van der Waals surface area contributed by atoms with E-state index in [2.05, 4.69) is 20.5 Å². The second kappa shape index (κ2) is 6.29. The van der Waals surface area contributed by atoms with Crippen molar-refractivity contribution in [3.05, 3.63) is 42.0 Å². The van der Waals surface area contributed by atoms with Crippen LogP contribution in [-0.4, -0.2) is 21.2 Å². The molecule has 0 bridgehead atoms. The van der Waals surface area contributed by atoms with Crippen molar-refractivity contribution in [2.75, 3.05) is 5.32 Å². The molecule has 3 aromatic rings. The van der Waals surface area contributed by atoms with E-state index in [1.54, 1.807) is 41.5 Å². The van der Waals surface area contributed by atoms with Gasteiger partial charge < -0.3 is 9.73 Å². The second-order valence-electron chi connectivity index (χ2n) is 5.23. The fourth-order valence-electron chi connectivity index (χ4n) is 1.99. The van der Waals surface area contributed by atoms with Crippen LogP contribution in [0, 0.1) is 5.82 Å². The average molecular weight is 348 g/mol. The Labute approximate surface area is 140 Å². The topological polar surface area (TPSA) is 63.8 Å². The van der Waals surface area contributed by atoms with Gasteiger partial charge in [0.05, 0.1) is 5.69 Å². The Kier molecular flexibility index (Phi) is 4.00. The number of nitrogens with zero attached hydrogens (tertiary/aromatic N) is 3. The van der Waals surface area contributed by atoms with E-state index >= 15 is 0 Å². The quantitative estimate of drug-likeness (QED) is 0.674. The highest BCUT2D eigenvalue weighted by Crippen LogP contribution is 2.32. The van der Waals surface area contributed by atoms with Gasteiger partial charge in [0, 0.05) is 17.4 Å². The normalized spacial score (nSPS) is 14.1. The molecule has 0 amide bonds.